The number of anilines is 3. The second-order valence-electron chi connectivity index (χ2n) is 3.55. The summed E-state index contributed by atoms with van der Waals surface area (Å²) >= 11 is 0. The van der Waals surface area contributed by atoms with Crippen molar-refractivity contribution in [3.63, 3.8) is 0 Å². The Labute approximate surface area is 93.1 Å². The summed E-state index contributed by atoms with van der Waals surface area (Å²) in [6.07, 6.45) is 3.22. The first-order valence-corrected chi connectivity index (χ1v) is 4.89. The van der Waals surface area contributed by atoms with E-state index in [4.69, 9.17) is 5.73 Å². The molecule has 2 rings (SSSR count). The number of nitrogens with zero attached hydrogens (tertiary/aromatic N) is 1. The fourth-order valence-corrected chi connectivity index (χ4v) is 1.40. The third-order valence-electron chi connectivity index (χ3n) is 2.29. The average molecular weight is 217 g/mol. The summed E-state index contributed by atoms with van der Waals surface area (Å²) in [5.41, 5.74) is 8.46. The van der Waals surface area contributed by atoms with Crippen LogP contribution >= 0.6 is 0 Å². The highest BCUT2D eigenvalue weighted by atomic mass is 19.1. The third-order valence-corrected chi connectivity index (χ3v) is 2.29. The molecule has 0 saturated heterocycles. The number of nitrogens with two attached hydrogens (primary N) is 1. The number of nitrogen functional groups attached to an aromatic ring is 1. The molecule has 0 unspecified atom stereocenters. The van der Waals surface area contributed by atoms with Crippen molar-refractivity contribution >= 4 is 17.1 Å². The lowest BCUT2D eigenvalue weighted by Crippen LogP contribution is -1.97. The van der Waals surface area contributed by atoms with Crippen LogP contribution in [0.4, 0.5) is 21.5 Å². The van der Waals surface area contributed by atoms with Crippen molar-refractivity contribution in [1.29, 1.82) is 0 Å². The van der Waals surface area contributed by atoms with Crippen LogP contribution in [0.5, 0.6) is 0 Å². The molecule has 1 heterocycles. The highest BCUT2D eigenvalue weighted by molar-refractivity contribution is 5.71. The van der Waals surface area contributed by atoms with Crippen LogP contribution in [0.25, 0.3) is 0 Å². The molecule has 0 aliphatic heterocycles. The minimum atomic E-state index is -0.215. The van der Waals surface area contributed by atoms with Gasteiger partial charge >= 0.3 is 0 Å². The van der Waals surface area contributed by atoms with E-state index in [0.717, 1.165) is 11.4 Å². The fourth-order valence-electron chi connectivity index (χ4n) is 1.40. The molecule has 16 heavy (non-hydrogen) atoms. The standard InChI is InChI=1S/C12H12FN3/c1-8-6-9(2-3-10(8)13)16-12-4-5-15-7-11(12)14/h2-7H,14H2,1H3,(H,15,16). The number of rotatable bonds is 2. The Bertz CT molecular complexity index is 511. The molecule has 0 aliphatic rings. The van der Waals surface area contributed by atoms with Crippen molar-refractivity contribution in [2.45, 2.75) is 6.92 Å². The lowest BCUT2D eigenvalue weighted by Gasteiger charge is -2.09. The lowest BCUT2D eigenvalue weighted by atomic mass is 10.2. The van der Waals surface area contributed by atoms with Gasteiger partial charge in [-0.1, -0.05) is 0 Å². The Morgan fingerprint density at radius 1 is 1.31 bits per heavy atom. The van der Waals surface area contributed by atoms with Gasteiger partial charge in [-0.3, -0.25) is 4.98 Å². The lowest BCUT2D eigenvalue weighted by molar-refractivity contribution is 0.619. The molecule has 0 bridgehead atoms. The molecule has 3 N–H and O–H groups in total. The summed E-state index contributed by atoms with van der Waals surface area (Å²) < 4.78 is 13.1. The first-order valence-electron chi connectivity index (χ1n) is 4.89. The van der Waals surface area contributed by atoms with Crippen LogP contribution in [0, 0.1) is 12.7 Å². The zero-order chi connectivity index (χ0) is 11.5. The molecule has 1 aromatic carbocycles. The van der Waals surface area contributed by atoms with Gasteiger partial charge in [0.05, 0.1) is 17.6 Å². The Morgan fingerprint density at radius 3 is 2.81 bits per heavy atom. The van der Waals surface area contributed by atoms with Crippen LogP contribution in [0.1, 0.15) is 5.56 Å². The van der Waals surface area contributed by atoms with E-state index in [-0.39, 0.29) is 5.82 Å². The maximum atomic E-state index is 13.1. The molecule has 0 fully saturated rings. The number of benzene rings is 1. The van der Waals surface area contributed by atoms with Crippen molar-refractivity contribution in [1.82, 2.24) is 4.98 Å². The Balaban J connectivity index is 2.28. The predicted molar refractivity (Wildman–Crippen MR) is 63.1 cm³/mol. The van der Waals surface area contributed by atoms with E-state index < -0.39 is 0 Å². The SMILES string of the molecule is Cc1cc(Nc2ccncc2N)ccc1F. The Kier molecular flexibility index (Phi) is 2.72. The first-order chi connectivity index (χ1) is 7.66. The first kappa shape index (κ1) is 10.4. The van der Waals surface area contributed by atoms with Gasteiger partial charge in [0.25, 0.3) is 0 Å². The smallest absolute Gasteiger partial charge is 0.126 e. The van der Waals surface area contributed by atoms with Gasteiger partial charge in [-0.25, -0.2) is 4.39 Å². The van der Waals surface area contributed by atoms with Crippen molar-refractivity contribution in [3.8, 4) is 0 Å². The molecular weight excluding hydrogens is 205 g/mol. The molecule has 0 atom stereocenters. The molecule has 3 nitrogen and oxygen atoms in total. The van der Waals surface area contributed by atoms with Crippen LogP contribution < -0.4 is 11.1 Å². The maximum Gasteiger partial charge on any atom is 0.126 e. The van der Waals surface area contributed by atoms with Crippen molar-refractivity contribution in [2.24, 2.45) is 0 Å². The second-order valence-corrected chi connectivity index (χ2v) is 3.55. The molecule has 0 saturated carbocycles. The number of hydrogen-bond donors (Lipinski definition) is 2. The number of pyridine rings is 1. The van der Waals surface area contributed by atoms with E-state index in [1.54, 1.807) is 37.5 Å². The van der Waals surface area contributed by atoms with Gasteiger partial charge in [-0.2, -0.15) is 0 Å². The van der Waals surface area contributed by atoms with Crippen molar-refractivity contribution in [3.05, 3.63) is 48.0 Å². The van der Waals surface area contributed by atoms with E-state index in [9.17, 15) is 4.39 Å². The number of hydrogen-bond acceptors (Lipinski definition) is 3. The van der Waals surface area contributed by atoms with Crippen LogP contribution in [-0.4, -0.2) is 4.98 Å². The minimum Gasteiger partial charge on any atom is -0.396 e. The molecule has 4 heteroatoms. The van der Waals surface area contributed by atoms with Gasteiger partial charge in [-0.05, 0) is 36.8 Å². The summed E-state index contributed by atoms with van der Waals surface area (Å²) in [7, 11) is 0. The highest BCUT2D eigenvalue weighted by Crippen LogP contribution is 2.22. The number of nitrogens with one attached hydrogen (secondary N) is 1. The van der Waals surface area contributed by atoms with Crippen molar-refractivity contribution in [2.75, 3.05) is 11.1 Å². The second kappa shape index (κ2) is 4.18. The quantitative estimate of drug-likeness (QED) is 0.813. The van der Waals surface area contributed by atoms with Crippen molar-refractivity contribution < 1.29 is 4.39 Å². The van der Waals surface area contributed by atoms with Crippen LogP contribution in [0.3, 0.4) is 0 Å². The van der Waals surface area contributed by atoms with Gasteiger partial charge in [0.15, 0.2) is 0 Å². The molecule has 0 spiro atoms. The molecule has 2 aromatic rings. The summed E-state index contributed by atoms with van der Waals surface area (Å²) in [4.78, 5) is 3.89. The molecule has 0 radical (unpaired) electrons. The molecule has 1 aromatic heterocycles. The van der Waals surface area contributed by atoms with Gasteiger partial charge in [0.1, 0.15) is 5.82 Å². The Hall–Kier alpha value is -2.10. The predicted octanol–water partition coefficient (Wildman–Crippen LogP) is 2.85. The largest absolute Gasteiger partial charge is 0.396 e. The Morgan fingerprint density at radius 2 is 2.12 bits per heavy atom. The molecule has 82 valence electrons. The van der Waals surface area contributed by atoms with Crippen LogP contribution in [0.15, 0.2) is 36.7 Å². The summed E-state index contributed by atoms with van der Waals surface area (Å²) in [5, 5.41) is 3.11. The minimum absolute atomic E-state index is 0.215. The van der Waals surface area contributed by atoms with Gasteiger partial charge in [0.2, 0.25) is 0 Å². The summed E-state index contributed by atoms with van der Waals surface area (Å²) in [6.45, 7) is 1.72. The van der Waals surface area contributed by atoms with Crippen LogP contribution in [-0.2, 0) is 0 Å². The van der Waals surface area contributed by atoms with E-state index in [1.807, 2.05) is 0 Å². The molecule has 0 aliphatic carbocycles. The van der Waals surface area contributed by atoms with Gasteiger partial charge < -0.3 is 11.1 Å². The monoisotopic (exact) mass is 217 g/mol. The number of aromatic nitrogens is 1. The average Bonchev–Trinajstić information content (AvgIpc) is 2.27. The summed E-state index contributed by atoms with van der Waals surface area (Å²) in [5.74, 6) is -0.215. The van der Waals surface area contributed by atoms with Gasteiger partial charge in [0, 0.05) is 11.9 Å². The third kappa shape index (κ3) is 2.11. The normalized spacial score (nSPS) is 10.1. The van der Waals surface area contributed by atoms with E-state index >= 15 is 0 Å². The van der Waals surface area contributed by atoms with Gasteiger partial charge in [-0.15, -0.1) is 0 Å². The zero-order valence-corrected chi connectivity index (χ0v) is 8.87. The van der Waals surface area contributed by atoms with E-state index in [0.29, 0.717) is 11.3 Å². The zero-order valence-electron chi connectivity index (χ0n) is 8.87. The molecule has 0 amide bonds. The van der Waals surface area contributed by atoms with Crippen LogP contribution in [0.2, 0.25) is 0 Å². The topological polar surface area (TPSA) is 50.9 Å². The highest BCUT2D eigenvalue weighted by Gasteiger charge is 2.01. The fraction of sp³-hybridized carbons (Fsp3) is 0.0833. The maximum absolute atomic E-state index is 13.1. The number of aryl methyl sites for hydroxylation is 1. The number of halogens is 1. The molecular formula is C12H12FN3. The van der Waals surface area contributed by atoms with E-state index in [2.05, 4.69) is 10.3 Å². The summed E-state index contributed by atoms with van der Waals surface area (Å²) in [6, 6.07) is 6.60. The van der Waals surface area contributed by atoms with E-state index in [1.165, 1.54) is 6.07 Å².